The Morgan fingerprint density at radius 2 is 1.90 bits per heavy atom. The third-order valence-electron chi connectivity index (χ3n) is 4.37. The summed E-state index contributed by atoms with van der Waals surface area (Å²) in [5, 5.41) is 5.42. The van der Waals surface area contributed by atoms with E-state index in [1.54, 1.807) is 6.92 Å². The Labute approximate surface area is 127 Å². The largest absolute Gasteiger partial charge is 0.453 e. The van der Waals surface area contributed by atoms with Gasteiger partial charge in [-0.15, -0.1) is 0 Å². The average molecular weight is 300 g/mol. The zero-order valence-electron chi connectivity index (χ0n) is 13.7. The van der Waals surface area contributed by atoms with Crippen LogP contribution in [0, 0.1) is 0 Å². The number of nitrogens with zero attached hydrogens (tertiary/aromatic N) is 2. The number of nitrogens with one attached hydrogen (secondary N) is 2. The Morgan fingerprint density at radius 3 is 2.38 bits per heavy atom. The van der Waals surface area contributed by atoms with E-state index in [1.165, 1.54) is 7.11 Å². The first kappa shape index (κ1) is 17.7. The standard InChI is InChI=1S/C14H28N4O3/c1-11(16-13(20)21-5)12(19)15-10-14(17(2)3)6-8-18(4)9-7-14/h11H,6-10H2,1-5H3,(H,15,19)(H,16,20)/t11-/m0/s1. The highest BCUT2D eigenvalue weighted by Crippen LogP contribution is 2.25. The van der Waals surface area contributed by atoms with Gasteiger partial charge < -0.3 is 25.2 Å². The van der Waals surface area contributed by atoms with E-state index in [1.807, 2.05) is 14.1 Å². The third-order valence-corrected chi connectivity index (χ3v) is 4.37. The summed E-state index contributed by atoms with van der Waals surface area (Å²) < 4.78 is 4.49. The molecule has 122 valence electrons. The molecule has 21 heavy (non-hydrogen) atoms. The van der Waals surface area contributed by atoms with Crippen molar-refractivity contribution in [2.75, 3.05) is 47.9 Å². The number of hydrogen-bond acceptors (Lipinski definition) is 5. The van der Waals surface area contributed by atoms with Crippen molar-refractivity contribution in [3.05, 3.63) is 0 Å². The molecule has 7 heteroatoms. The van der Waals surface area contributed by atoms with Crippen LogP contribution >= 0.6 is 0 Å². The number of methoxy groups -OCH3 is 1. The Morgan fingerprint density at radius 1 is 1.33 bits per heavy atom. The first-order valence-corrected chi connectivity index (χ1v) is 7.29. The molecule has 1 fully saturated rings. The van der Waals surface area contributed by atoms with Crippen molar-refractivity contribution in [2.24, 2.45) is 0 Å². The molecule has 1 atom stereocenters. The molecule has 2 N–H and O–H groups in total. The van der Waals surface area contributed by atoms with Gasteiger partial charge in [0, 0.05) is 12.1 Å². The summed E-state index contributed by atoms with van der Waals surface area (Å²) >= 11 is 0. The highest BCUT2D eigenvalue weighted by Gasteiger charge is 2.36. The van der Waals surface area contributed by atoms with Crippen molar-refractivity contribution < 1.29 is 14.3 Å². The highest BCUT2D eigenvalue weighted by atomic mass is 16.5. The minimum atomic E-state index is -0.608. The van der Waals surface area contributed by atoms with Crippen LogP contribution in [0.3, 0.4) is 0 Å². The molecule has 0 saturated carbocycles. The van der Waals surface area contributed by atoms with Gasteiger partial charge in [0.1, 0.15) is 6.04 Å². The summed E-state index contributed by atoms with van der Waals surface area (Å²) in [4.78, 5) is 27.7. The van der Waals surface area contributed by atoms with E-state index in [9.17, 15) is 9.59 Å². The average Bonchev–Trinajstić information content (AvgIpc) is 2.46. The number of alkyl carbamates (subject to hydrolysis) is 1. The molecule has 1 heterocycles. The van der Waals surface area contributed by atoms with Crippen molar-refractivity contribution in [1.29, 1.82) is 0 Å². The van der Waals surface area contributed by atoms with E-state index in [2.05, 4.69) is 32.2 Å². The predicted octanol–water partition coefficient (Wildman–Crippen LogP) is -0.127. The molecule has 1 aliphatic heterocycles. The van der Waals surface area contributed by atoms with Crippen LogP contribution in [-0.2, 0) is 9.53 Å². The Balaban J connectivity index is 2.54. The van der Waals surface area contributed by atoms with Gasteiger partial charge >= 0.3 is 6.09 Å². The van der Waals surface area contributed by atoms with Crippen molar-refractivity contribution >= 4 is 12.0 Å². The van der Waals surface area contributed by atoms with Gasteiger partial charge in [-0.05, 0) is 54.0 Å². The maximum absolute atomic E-state index is 12.1. The minimum Gasteiger partial charge on any atom is -0.453 e. The van der Waals surface area contributed by atoms with Gasteiger partial charge in [0.05, 0.1) is 7.11 Å². The maximum Gasteiger partial charge on any atom is 0.407 e. The van der Waals surface area contributed by atoms with E-state index in [0.717, 1.165) is 25.9 Å². The van der Waals surface area contributed by atoms with E-state index in [0.29, 0.717) is 6.54 Å². The van der Waals surface area contributed by atoms with Crippen LogP contribution in [-0.4, -0.2) is 81.3 Å². The quantitative estimate of drug-likeness (QED) is 0.740. The Kier molecular flexibility index (Phi) is 6.42. The molecule has 0 radical (unpaired) electrons. The second-order valence-corrected chi connectivity index (χ2v) is 6.00. The van der Waals surface area contributed by atoms with Crippen molar-refractivity contribution in [1.82, 2.24) is 20.4 Å². The fourth-order valence-corrected chi connectivity index (χ4v) is 2.52. The predicted molar refractivity (Wildman–Crippen MR) is 81.2 cm³/mol. The van der Waals surface area contributed by atoms with Crippen LogP contribution in [0.5, 0.6) is 0 Å². The van der Waals surface area contributed by atoms with Crippen LogP contribution in [0.2, 0.25) is 0 Å². The molecule has 0 unspecified atom stereocenters. The number of carbonyl (C=O) groups excluding carboxylic acids is 2. The number of amides is 2. The van der Waals surface area contributed by atoms with E-state index >= 15 is 0 Å². The molecule has 1 rings (SSSR count). The molecule has 0 aliphatic carbocycles. The van der Waals surface area contributed by atoms with E-state index in [-0.39, 0.29) is 11.4 Å². The topological polar surface area (TPSA) is 73.9 Å². The van der Waals surface area contributed by atoms with Crippen LogP contribution in [0.4, 0.5) is 4.79 Å². The summed E-state index contributed by atoms with van der Waals surface area (Å²) in [6.45, 7) is 4.26. The van der Waals surface area contributed by atoms with Gasteiger partial charge in [-0.3, -0.25) is 4.79 Å². The first-order chi connectivity index (χ1) is 9.80. The number of ether oxygens (including phenoxy) is 1. The van der Waals surface area contributed by atoms with E-state index in [4.69, 9.17) is 0 Å². The van der Waals surface area contributed by atoms with Gasteiger partial charge in [0.2, 0.25) is 5.91 Å². The van der Waals surface area contributed by atoms with Crippen molar-refractivity contribution in [2.45, 2.75) is 31.3 Å². The molecular formula is C14H28N4O3. The van der Waals surface area contributed by atoms with E-state index < -0.39 is 12.1 Å². The summed E-state index contributed by atoms with van der Waals surface area (Å²) in [7, 11) is 7.49. The number of rotatable bonds is 5. The Bertz CT molecular complexity index is 365. The summed E-state index contributed by atoms with van der Waals surface area (Å²) in [5.41, 5.74) is -0.0207. The second-order valence-electron chi connectivity index (χ2n) is 6.00. The molecule has 0 bridgehead atoms. The minimum absolute atomic E-state index is 0.0207. The van der Waals surface area contributed by atoms with Gasteiger partial charge in [-0.2, -0.15) is 0 Å². The lowest BCUT2D eigenvalue weighted by Gasteiger charge is -2.45. The Hall–Kier alpha value is -1.34. The molecule has 0 aromatic heterocycles. The van der Waals surface area contributed by atoms with Crippen molar-refractivity contribution in [3.8, 4) is 0 Å². The zero-order chi connectivity index (χ0) is 16.0. The molecule has 0 aromatic rings. The molecule has 7 nitrogen and oxygen atoms in total. The number of hydrogen-bond donors (Lipinski definition) is 2. The second kappa shape index (κ2) is 7.61. The van der Waals surface area contributed by atoms with Crippen LogP contribution in [0.1, 0.15) is 19.8 Å². The number of piperidine rings is 1. The smallest absolute Gasteiger partial charge is 0.407 e. The maximum atomic E-state index is 12.1. The lowest BCUT2D eigenvalue weighted by atomic mass is 9.86. The fourth-order valence-electron chi connectivity index (χ4n) is 2.52. The third kappa shape index (κ3) is 4.86. The van der Waals surface area contributed by atoms with Gasteiger partial charge in [-0.1, -0.05) is 0 Å². The molecule has 0 aromatic carbocycles. The zero-order valence-corrected chi connectivity index (χ0v) is 13.7. The van der Waals surface area contributed by atoms with Crippen molar-refractivity contribution in [3.63, 3.8) is 0 Å². The van der Waals surface area contributed by atoms with Gasteiger partial charge in [-0.25, -0.2) is 4.79 Å². The SMILES string of the molecule is COC(=O)N[C@@H](C)C(=O)NCC1(N(C)C)CCN(C)CC1. The number of likely N-dealkylation sites (N-methyl/N-ethyl adjacent to an activating group) is 1. The molecule has 1 aliphatic rings. The summed E-state index contributed by atoms with van der Waals surface area (Å²) in [6.07, 6.45) is 1.42. The van der Waals surface area contributed by atoms with Crippen LogP contribution in [0.25, 0.3) is 0 Å². The van der Waals surface area contributed by atoms with Gasteiger partial charge in [0.25, 0.3) is 0 Å². The lowest BCUT2D eigenvalue weighted by Crippen LogP contribution is -2.59. The fraction of sp³-hybridized carbons (Fsp3) is 0.857. The van der Waals surface area contributed by atoms with Gasteiger partial charge in [0.15, 0.2) is 0 Å². The highest BCUT2D eigenvalue weighted by molar-refractivity contribution is 5.85. The number of likely N-dealkylation sites (tertiary alicyclic amines) is 1. The number of carbonyl (C=O) groups is 2. The molecule has 1 saturated heterocycles. The van der Waals surface area contributed by atoms with Crippen LogP contribution < -0.4 is 10.6 Å². The first-order valence-electron chi connectivity index (χ1n) is 7.29. The monoisotopic (exact) mass is 300 g/mol. The lowest BCUT2D eigenvalue weighted by molar-refractivity contribution is -0.123. The normalized spacial score (nSPS) is 19.9. The van der Waals surface area contributed by atoms with Crippen LogP contribution in [0.15, 0.2) is 0 Å². The molecular weight excluding hydrogens is 272 g/mol. The summed E-state index contributed by atoms with van der Waals surface area (Å²) in [6, 6.07) is -0.608. The summed E-state index contributed by atoms with van der Waals surface area (Å²) in [5.74, 6) is -0.194. The molecule has 0 spiro atoms. The molecule has 2 amide bonds.